The Morgan fingerprint density at radius 3 is 2.32 bits per heavy atom. The van der Waals surface area contributed by atoms with E-state index in [1.54, 1.807) is 6.92 Å². The summed E-state index contributed by atoms with van der Waals surface area (Å²) in [5.41, 5.74) is 4.38. The van der Waals surface area contributed by atoms with Crippen LogP contribution in [-0.4, -0.2) is 88.2 Å². The van der Waals surface area contributed by atoms with Gasteiger partial charge in [-0.25, -0.2) is 4.98 Å². The molecule has 5 N–H and O–H groups in total. The Bertz CT molecular complexity index is 1130. The Labute approximate surface area is 243 Å². The maximum atomic E-state index is 10.5. The van der Waals surface area contributed by atoms with Crippen molar-refractivity contribution in [2.45, 2.75) is 91.2 Å². The zero-order valence-electron chi connectivity index (χ0n) is 25.4. The lowest BCUT2D eigenvalue weighted by atomic mass is 9.96. The van der Waals surface area contributed by atoms with E-state index in [2.05, 4.69) is 17.1 Å². The lowest BCUT2D eigenvalue weighted by molar-refractivity contribution is -0.277. The molecule has 230 valence electrons. The number of hydrogen-bond acceptors (Lipinski definition) is 10. The summed E-state index contributed by atoms with van der Waals surface area (Å²) in [5.74, 6) is 0.560. The third-order valence-electron chi connectivity index (χ3n) is 7.30. The lowest BCUT2D eigenvalue weighted by Crippen LogP contribution is -2.60. The number of nitrogens with zero attached hydrogens (tertiary/aromatic N) is 1. The highest BCUT2D eigenvalue weighted by Crippen LogP contribution is 2.41. The fraction of sp³-hybridized carbons (Fsp3) is 0.581. The predicted molar refractivity (Wildman–Crippen MR) is 156 cm³/mol. The minimum absolute atomic E-state index is 0.00554. The quantitative estimate of drug-likeness (QED) is 0.175. The third-order valence-corrected chi connectivity index (χ3v) is 7.30. The number of allylic oxidation sites excluding steroid dienone is 6. The number of aliphatic hydroxyl groups is 5. The molecule has 0 saturated carbocycles. The van der Waals surface area contributed by atoms with Gasteiger partial charge in [-0.15, -0.1) is 0 Å². The average molecular weight is 578 g/mol. The second-order valence-electron chi connectivity index (χ2n) is 10.5. The average Bonchev–Trinajstić information content (AvgIpc) is 2.96. The van der Waals surface area contributed by atoms with Gasteiger partial charge < -0.3 is 44.5 Å². The van der Waals surface area contributed by atoms with E-state index < -0.39 is 43.4 Å². The number of ether oxygens (including phenoxy) is 4. The first kappa shape index (κ1) is 34.5. The summed E-state index contributed by atoms with van der Waals surface area (Å²) in [5, 5.41) is 50.6. The van der Waals surface area contributed by atoms with Crippen LogP contribution >= 0.6 is 0 Å². The van der Waals surface area contributed by atoms with Crippen LogP contribution in [0.25, 0.3) is 0 Å². The summed E-state index contributed by atoms with van der Waals surface area (Å²) < 4.78 is 22.4. The van der Waals surface area contributed by atoms with Gasteiger partial charge in [0.2, 0.25) is 12.0 Å². The molecule has 0 aromatic carbocycles. The van der Waals surface area contributed by atoms with E-state index in [4.69, 9.17) is 18.9 Å². The molecule has 10 heteroatoms. The first-order valence-electron chi connectivity index (χ1n) is 13.8. The van der Waals surface area contributed by atoms with Crippen LogP contribution in [0.2, 0.25) is 0 Å². The fourth-order valence-electron chi connectivity index (χ4n) is 4.53. The molecule has 1 aromatic rings. The van der Waals surface area contributed by atoms with Gasteiger partial charge >= 0.3 is 0 Å². The zero-order chi connectivity index (χ0) is 30.9. The summed E-state index contributed by atoms with van der Waals surface area (Å²) in [6.45, 7) is 11.1. The van der Waals surface area contributed by atoms with Gasteiger partial charge in [-0.1, -0.05) is 48.5 Å². The lowest BCUT2D eigenvalue weighted by Gasteiger charge is -2.39. The Hall–Kier alpha value is -2.73. The van der Waals surface area contributed by atoms with Gasteiger partial charge in [0.15, 0.2) is 5.75 Å². The topological polar surface area (TPSA) is 151 Å². The van der Waals surface area contributed by atoms with Gasteiger partial charge in [0.05, 0.1) is 32.6 Å². The number of rotatable bonds is 13. The summed E-state index contributed by atoms with van der Waals surface area (Å²) in [6, 6.07) is 0. The summed E-state index contributed by atoms with van der Waals surface area (Å²) in [4.78, 5) is 4.58. The molecule has 2 heterocycles. The van der Waals surface area contributed by atoms with Crippen molar-refractivity contribution < 1.29 is 44.5 Å². The van der Waals surface area contributed by atoms with Crippen LogP contribution in [0, 0.1) is 12.8 Å². The fourth-order valence-corrected chi connectivity index (χ4v) is 4.53. The first-order chi connectivity index (χ1) is 19.4. The van der Waals surface area contributed by atoms with Gasteiger partial charge in [0, 0.05) is 17.9 Å². The Morgan fingerprint density at radius 2 is 1.73 bits per heavy atom. The van der Waals surface area contributed by atoms with Gasteiger partial charge in [0.25, 0.3) is 5.88 Å². The van der Waals surface area contributed by atoms with Crippen molar-refractivity contribution in [3.63, 3.8) is 0 Å². The van der Waals surface area contributed by atoms with E-state index in [0.717, 1.165) is 23.1 Å². The van der Waals surface area contributed by atoms with Crippen molar-refractivity contribution in [1.29, 1.82) is 0 Å². The number of methoxy groups -OCH3 is 2. The van der Waals surface area contributed by atoms with Crippen molar-refractivity contribution in [2.24, 2.45) is 5.92 Å². The van der Waals surface area contributed by atoms with Crippen LogP contribution in [0.15, 0.2) is 47.1 Å². The molecule has 0 radical (unpaired) electrons. The van der Waals surface area contributed by atoms with Gasteiger partial charge in [-0.05, 0) is 46.6 Å². The van der Waals surface area contributed by atoms with E-state index in [1.165, 1.54) is 14.2 Å². The van der Waals surface area contributed by atoms with Crippen LogP contribution in [0.5, 0.6) is 17.4 Å². The highest BCUT2D eigenvalue weighted by molar-refractivity contribution is 5.54. The molecule has 0 amide bonds. The van der Waals surface area contributed by atoms with Crippen molar-refractivity contribution in [3.8, 4) is 17.4 Å². The molecular formula is C31H47NO9. The third kappa shape index (κ3) is 8.88. The van der Waals surface area contributed by atoms with E-state index in [9.17, 15) is 25.5 Å². The van der Waals surface area contributed by atoms with Crippen molar-refractivity contribution in [3.05, 3.63) is 58.4 Å². The zero-order valence-corrected chi connectivity index (χ0v) is 25.4. The van der Waals surface area contributed by atoms with Gasteiger partial charge in [0.1, 0.15) is 24.4 Å². The minimum atomic E-state index is -1.58. The van der Waals surface area contributed by atoms with E-state index in [-0.39, 0.29) is 23.3 Å². The highest BCUT2D eigenvalue weighted by atomic mass is 16.7. The second-order valence-corrected chi connectivity index (χ2v) is 10.5. The molecule has 1 saturated heterocycles. The van der Waals surface area contributed by atoms with Crippen molar-refractivity contribution in [1.82, 2.24) is 4.98 Å². The summed E-state index contributed by atoms with van der Waals surface area (Å²) in [6.07, 6.45) is 3.65. The molecule has 1 aromatic heterocycles. The minimum Gasteiger partial charge on any atom is -0.489 e. The molecule has 0 aliphatic carbocycles. The second kappa shape index (κ2) is 16.1. The molecule has 0 unspecified atom stereocenters. The smallest absolute Gasteiger partial charge is 0.261 e. The van der Waals surface area contributed by atoms with E-state index in [0.29, 0.717) is 17.7 Å². The van der Waals surface area contributed by atoms with Crippen molar-refractivity contribution >= 4 is 0 Å². The maximum absolute atomic E-state index is 10.5. The number of aliphatic hydroxyl groups excluding tert-OH is 5. The van der Waals surface area contributed by atoms with Crippen LogP contribution in [0.3, 0.4) is 0 Å². The molecule has 10 nitrogen and oxygen atoms in total. The predicted octanol–water partition coefficient (Wildman–Crippen LogP) is 2.93. The Balaban J connectivity index is 2.22. The molecule has 2 rings (SSSR count). The van der Waals surface area contributed by atoms with E-state index >= 15 is 0 Å². The SMILES string of the molecule is C/C=C(\C)[C@H](O)[C@H](C)/C=C(C)/C=C/C/C(C)=C/Cc1nc(OC)c(OC)c(O[C@@H]2O[C@H](CO)[C@@H](O)[C@H](O)[C@H]2O)c1C. The van der Waals surface area contributed by atoms with Crippen molar-refractivity contribution in [2.75, 3.05) is 20.8 Å². The van der Waals surface area contributed by atoms with Crippen LogP contribution in [-0.2, 0) is 11.2 Å². The summed E-state index contributed by atoms with van der Waals surface area (Å²) >= 11 is 0. The molecule has 7 atom stereocenters. The Morgan fingerprint density at radius 1 is 1.05 bits per heavy atom. The van der Waals surface area contributed by atoms with E-state index in [1.807, 2.05) is 52.8 Å². The Kier molecular flexibility index (Phi) is 13.5. The molecule has 1 fully saturated rings. The highest BCUT2D eigenvalue weighted by Gasteiger charge is 2.45. The maximum Gasteiger partial charge on any atom is 0.261 e. The molecule has 41 heavy (non-hydrogen) atoms. The number of hydrogen-bond donors (Lipinski definition) is 5. The monoisotopic (exact) mass is 577 g/mol. The van der Waals surface area contributed by atoms with Crippen LogP contribution in [0.4, 0.5) is 0 Å². The molecule has 0 bridgehead atoms. The molecule has 1 aliphatic heterocycles. The van der Waals surface area contributed by atoms with Crippen LogP contribution < -0.4 is 14.2 Å². The molecular weight excluding hydrogens is 530 g/mol. The largest absolute Gasteiger partial charge is 0.489 e. The summed E-state index contributed by atoms with van der Waals surface area (Å²) in [7, 11) is 2.87. The molecule has 1 aliphatic rings. The normalized spacial score (nSPS) is 25.8. The number of pyridine rings is 1. The molecule has 0 spiro atoms. The van der Waals surface area contributed by atoms with Crippen LogP contribution in [0.1, 0.15) is 52.3 Å². The first-order valence-corrected chi connectivity index (χ1v) is 13.8. The standard InChI is InChI=1S/C31H47NO9/c1-9-19(4)24(34)20(5)15-18(3)12-10-11-17(2)13-14-22-21(6)28(29(38-7)30(32-22)39-8)41-31-27(37)26(36)25(35)23(16-33)40-31/h9-10,12-13,15,20,23-27,31,33-37H,11,14,16H2,1-8H3/b12-10+,17-13+,18-15+,19-9+/t20-,23-,24+,25-,26+,27-,31+/m1/s1. The van der Waals surface area contributed by atoms with Gasteiger partial charge in [-0.3, -0.25) is 0 Å². The van der Waals surface area contributed by atoms with Gasteiger partial charge in [-0.2, -0.15) is 0 Å². The number of aromatic nitrogens is 1.